The Morgan fingerprint density at radius 2 is 1.60 bits per heavy atom. The molecule has 0 fully saturated rings. The summed E-state index contributed by atoms with van der Waals surface area (Å²) in [7, 11) is 0. The van der Waals surface area contributed by atoms with Gasteiger partial charge < -0.3 is 9.80 Å². The van der Waals surface area contributed by atoms with Gasteiger partial charge in [-0.3, -0.25) is 0 Å². The number of para-hydroxylation sites is 3. The van der Waals surface area contributed by atoms with Gasteiger partial charge in [0.2, 0.25) is 0 Å². The van der Waals surface area contributed by atoms with E-state index >= 15 is 0 Å². The Balaban J connectivity index is 1.36. The standard InChI is InChI=1S/C35H33N3O.W/c1-6-25(35(2,3)4)20-21-37-31-15-8-7-14-29(31)30-19-18-28(23-34(30)37)39-27-13-11-12-26(22-27)38-24-36(5)32-16-9-10-17-33(32)38;/h1,6-23H,24H2,2-5H3;/b21-20?,25-6+;/i5D3;. The van der Waals surface area contributed by atoms with Gasteiger partial charge in [0.25, 0.3) is 0 Å². The SMILES string of the molecule is [2H]C([2H])([2H])N1CN(c2cccc(Oc3ccc4c5ccccc5n(C=C/C(=C\[CH]=[W])C(C)(C)C)c4c3)c2)c2ccccc21. The summed E-state index contributed by atoms with van der Waals surface area (Å²) in [5, 5.41) is 2.35. The Bertz CT molecular complexity index is 1900. The van der Waals surface area contributed by atoms with Crippen LogP contribution in [0.1, 0.15) is 24.9 Å². The number of allylic oxidation sites excluding steroid dienone is 3. The minimum absolute atomic E-state index is 0.0247. The molecule has 40 heavy (non-hydrogen) atoms. The number of ether oxygens (including phenoxy) is 1. The smallest absolute Gasteiger partial charge is 0.0601 e. The monoisotopic (exact) mass is 698 g/mol. The summed E-state index contributed by atoms with van der Waals surface area (Å²) in [6.45, 7) is 4.69. The molecule has 6 rings (SSSR count). The van der Waals surface area contributed by atoms with E-state index < -0.39 is 6.98 Å². The summed E-state index contributed by atoms with van der Waals surface area (Å²) >= 11 is 1.43. The summed E-state index contributed by atoms with van der Waals surface area (Å²) in [6, 6.07) is 30.1. The molecule has 0 unspecified atom stereocenters. The Kier molecular flexibility index (Phi) is 6.06. The van der Waals surface area contributed by atoms with Gasteiger partial charge >= 0.3 is 171 Å². The number of aromatic nitrogens is 1. The van der Waals surface area contributed by atoms with E-state index in [9.17, 15) is 0 Å². The van der Waals surface area contributed by atoms with Gasteiger partial charge in [-0.1, -0.05) is 18.2 Å². The van der Waals surface area contributed by atoms with E-state index in [1.54, 1.807) is 0 Å². The fourth-order valence-electron chi connectivity index (χ4n) is 5.27. The van der Waals surface area contributed by atoms with Crippen LogP contribution in [-0.4, -0.2) is 22.6 Å². The first-order chi connectivity index (χ1) is 20.5. The molecule has 1 aromatic heterocycles. The topological polar surface area (TPSA) is 20.6 Å². The minimum Gasteiger partial charge on any atom is -0.0601 e. The first-order valence-electron chi connectivity index (χ1n) is 14.8. The van der Waals surface area contributed by atoms with Crippen molar-refractivity contribution in [2.24, 2.45) is 5.41 Å². The van der Waals surface area contributed by atoms with Crippen LogP contribution in [0.25, 0.3) is 28.0 Å². The number of hydrogen-bond donors (Lipinski definition) is 0. The van der Waals surface area contributed by atoms with Crippen molar-refractivity contribution in [2.75, 3.05) is 23.4 Å². The molecule has 0 saturated carbocycles. The third-order valence-electron chi connectivity index (χ3n) is 7.31. The molecule has 0 atom stereocenters. The van der Waals surface area contributed by atoms with Gasteiger partial charge in [0.15, 0.2) is 0 Å². The van der Waals surface area contributed by atoms with E-state index in [0.29, 0.717) is 11.4 Å². The van der Waals surface area contributed by atoms with Gasteiger partial charge in [0, 0.05) is 16.8 Å². The molecule has 4 aromatic carbocycles. The average Bonchev–Trinajstić information content (AvgIpc) is 3.51. The van der Waals surface area contributed by atoms with Gasteiger partial charge in [0.1, 0.15) is 0 Å². The van der Waals surface area contributed by atoms with Crippen molar-refractivity contribution in [3.05, 3.63) is 109 Å². The number of hydrogen-bond acceptors (Lipinski definition) is 3. The fraction of sp³-hybridized carbons (Fsp3) is 0.171. The zero-order chi connectivity index (χ0) is 30.4. The Morgan fingerprint density at radius 1 is 0.850 bits per heavy atom. The molecule has 5 aromatic rings. The van der Waals surface area contributed by atoms with E-state index in [0.717, 1.165) is 33.5 Å². The summed E-state index contributed by atoms with van der Waals surface area (Å²) in [5.74, 6) is 1.41. The molecule has 4 nitrogen and oxygen atoms in total. The van der Waals surface area contributed by atoms with Crippen molar-refractivity contribution in [3.63, 3.8) is 0 Å². The van der Waals surface area contributed by atoms with Gasteiger partial charge in [-0.2, -0.15) is 0 Å². The van der Waals surface area contributed by atoms with Crippen molar-refractivity contribution in [3.8, 4) is 11.5 Å². The van der Waals surface area contributed by atoms with Crippen LogP contribution in [0.15, 0.2) is 109 Å². The zero-order valence-corrected chi connectivity index (χ0v) is 25.8. The van der Waals surface area contributed by atoms with E-state index in [2.05, 4.69) is 84.5 Å². The molecule has 0 bridgehead atoms. The van der Waals surface area contributed by atoms with Crippen LogP contribution in [-0.2, 0) is 19.4 Å². The second-order valence-electron chi connectivity index (χ2n) is 11.0. The Morgan fingerprint density at radius 3 is 2.40 bits per heavy atom. The summed E-state index contributed by atoms with van der Waals surface area (Å²) < 4.78 is 34.9. The molecule has 2 heterocycles. The number of nitrogens with zero attached hydrogens (tertiary/aromatic N) is 3. The van der Waals surface area contributed by atoms with Crippen molar-refractivity contribution in [1.29, 1.82) is 0 Å². The number of anilines is 3. The third kappa shape index (κ3) is 4.93. The predicted octanol–water partition coefficient (Wildman–Crippen LogP) is 8.92. The van der Waals surface area contributed by atoms with E-state index in [-0.39, 0.29) is 12.1 Å². The first kappa shape index (κ1) is 22.9. The van der Waals surface area contributed by atoms with Crippen LogP contribution in [0.3, 0.4) is 0 Å². The number of rotatable bonds is 6. The second-order valence-corrected chi connectivity index (χ2v) is 12.0. The predicted molar refractivity (Wildman–Crippen MR) is 167 cm³/mol. The molecule has 0 N–H and O–H groups in total. The van der Waals surface area contributed by atoms with Crippen LogP contribution in [0.5, 0.6) is 11.5 Å². The molecule has 0 radical (unpaired) electrons. The molecule has 200 valence electrons. The maximum atomic E-state index is 8.03. The molecule has 0 spiro atoms. The molecular weight excluding hydrogens is 662 g/mol. The quantitative estimate of drug-likeness (QED) is 0.165. The second kappa shape index (κ2) is 10.6. The first-order valence-corrected chi connectivity index (χ1v) is 15.0. The Hall–Kier alpha value is -3.88. The third-order valence-corrected chi connectivity index (χ3v) is 7.80. The summed E-state index contributed by atoms with van der Waals surface area (Å²) in [6.07, 6.45) is 6.57. The van der Waals surface area contributed by atoms with Crippen molar-refractivity contribution < 1.29 is 28.2 Å². The van der Waals surface area contributed by atoms with Gasteiger partial charge in [-0.15, -0.1) is 0 Å². The van der Waals surface area contributed by atoms with Crippen LogP contribution >= 0.6 is 0 Å². The number of benzene rings is 4. The Labute approximate surface area is 251 Å². The molecule has 5 heteroatoms. The van der Waals surface area contributed by atoms with Crippen LogP contribution in [0.4, 0.5) is 17.1 Å². The fourth-order valence-corrected chi connectivity index (χ4v) is 5.80. The van der Waals surface area contributed by atoms with Crippen LogP contribution in [0.2, 0.25) is 0 Å². The molecular formula is C35H33N3OW. The van der Waals surface area contributed by atoms with Gasteiger partial charge in [0.05, 0.1) is 18.0 Å². The van der Waals surface area contributed by atoms with Gasteiger partial charge in [-0.25, -0.2) is 0 Å². The number of fused-ring (bicyclic) bond motifs is 4. The molecule has 0 aliphatic carbocycles. The summed E-state index contributed by atoms with van der Waals surface area (Å²) in [5.41, 5.74) is 5.91. The van der Waals surface area contributed by atoms with Crippen molar-refractivity contribution in [1.82, 2.24) is 4.57 Å². The molecule has 0 amide bonds. The maximum absolute atomic E-state index is 8.03. The van der Waals surface area contributed by atoms with E-state index in [1.165, 1.54) is 35.2 Å². The summed E-state index contributed by atoms with van der Waals surface area (Å²) in [4.78, 5) is 3.46. The average molecular weight is 699 g/mol. The molecule has 0 saturated heterocycles. The molecule has 1 aliphatic heterocycles. The van der Waals surface area contributed by atoms with Crippen molar-refractivity contribution >= 4 is 49.5 Å². The zero-order valence-electron chi connectivity index (χ0n) is 25.8. The van der Waals surface area contributed by atoms with Crippen LogP contribution < -0.4 is 14.5 Å². The van der Waals surface area contributed by atoms with Crippen LogP contribution in [0, 0.1) is 5.41 Å². The van der Waals surface area contributed by atoms with Crippen molar-refractivity contribution in [2.45, 2.75) is 20.8 Å². The van der Waals surface area contributed by atoms with Gasteiger partial charge in [-0.05, 0) is 18.2 Å². The minimum atomic E-state index is -2.24. The van der Waals surface area contributed by atoms with E-state index in [1.807, 2.05) is 59.5 Å². The molecule has 1 aliphatic rings. The van der Waals surface area contributed by atoms with E-state index in [4.69, 9.17) is 8.85 Å². The normalized spacial score (nSPS) is 15.4.